The summed E-state index contributed by atoms with van der Waals surface area (Å²) in [5, 5.41) is 26.9. The van der Waals surface area contributed by atoms with E-state index in [1.54, 1.807) is 0 Å². The van der Waals surface area contributed by atoms with Gasteiger partial charge < -0.3 is 10.2 Å². The molecule has 24 heavy (non-hydrogen) atoms. The molecule has 0 aromatic carbocycles. The topological polar surface area (TPSA) is 92.0 Å². The van der Waals surface area contributed by atoms with E-state index in [1.807, 2.05) is 35.0 Å². The predicted octanol–water partition coefficient (Wildman–Crippen LogP) is 2.39. The molecule has 10 heteroatoms. The molecule has 1 aliphatic rings. The third-order valence-corrected chi connectivity index (χ3v) is 7.12. The highest BCUT2D eigenvalue weighted by atomic mass is 32.1. The lowest BCUT2D eigenvalue weighted by molar-refractivity contribution is 0.0687. The molecule has 0 bridgehead atoms. The van der Waals surface area contributed by atoms with Crippen LogP contribution in [0.3, 0.4) is 0 Å². The highest BCUT2D eigenvalue weighted by Crippen LogP contribution is 2.52. The van der Waals surface area contributed by atoms with Crippen molar-refractivity contribution in [1.29, 1.82) is 0 Å². The molecule has 0 fully saturated rings. The number of hydrogen-bond donors (Lipinski definition) is 2. The Morgan fingerprint density at radius 2 is 1.04 bits per heavy atom. The van der Waals surface area contributed by atoms with E-state index >= 15 is 0 Å². The Morgan fingerprint density at radius 3 is 1.33 bits per heavy atom. The Balaban J connectivity index is 1.89. The van der Waals surface area contributed by atoms with Crippen LogP contribution >= 0.6 is 46.1 Å². The first-order valence-corrected chi connectivity index (χ1v) is 10.1. The summed E-state index contributed by atoms with van der Waals surface area (Å²) in [6.07, 6.45) is 0. The van der Waals surface area contributed by atoms with Crippen molar-refractivity contribution in [3.05, 3.63) is 67.6 Å². The lowest BCUT2D eigenvalue weighted by atomic mass is 9.76. The SMILES string of the molecule is OC1(c2cccs2)c2nsnc2C(O)(c2cccs2)c2nsnc21. The molecule has 0 radical (unpaired) electrons. The Hall–Kier alpha value is -1.56. The van der Waals surface area contributed by atoms with Crippen molar-refractivity contribution in [3.8, 4) is 0 Å². The van der Waals surface area contributed by atoms with Gasteiger partial charge in [0.2, 0.25) is 0 Å². The zero-order valence-electron chi connectivity index (χ0n) is 11.8. The van der Waals surface area contributed by atoms with E-state index in [1.165, 1.54) is 22.7 Å². The first kappa shape index (κ1) is 14.8. The monoisotopic (exact) mass is 392 g/mol. The minimum atomic E-state index is -1.54. The Labute approximate surface area is 152 Å². The normalized spacial score (nSPS) is 25.4. The minimum absolute atomic E-state index is 0.325. The summed E-state index contributed by atoms with van der Waals surface area (Å²) in [6, 6.07) is 7.37. The van der Waals surface area contributed by atoms with E-state index in [2.05, 4.69) is 17.5 Å². The molecule has 0 atom stereocenters. The summed E-state index contributed by atoms with van der Waals surface area (Å²) >= 11 is 4.74. The van der Waals surface area contributed by atoms with Crippen molar-refractivity contribution in [2.24, 2.45) is 0 Å². The van der Waals surface area contributed by atoms with Gasteiger partial charge in [0.1, 0.15) is 22.8 Å². The molecule has 4 aromatic heterocycles. The molecule has 1 aliphatic carbocycles. The number of thiophene rings is 2. The number of nitrogens with zero attached hydrogens (tertiary/aromatic N) is 4. The number of rotatable bonds is 2. The van der Waals surface area contributed by atoms with Crippen LogP contribution < -0.4 is 0 Å². The van der Waals surface area contributed by atoms with E-state index in [9.17, 15) is 10.2 Å². The summed E-state index contributed by atoms with van der Waals surface area (Å²) in [6.45, 7) is 0. The smallest absolute Gasteiger partial charge is 0.189 e. The highest BCUT2D eigenvalue weighted by Gasteiger charge is 2.58. The van der Waals surface area contributed by atoms with Crippen LogP contribution in [-0.2, 0) is 11.2 Å². The third kappa shape index (κ3) is 1.65. The highest BCUT2D eigenvalue weighted by molar-refractivity contribution is 7.10. The fraction of sp³-hybridized carbons (Fsp3) is 0.143. The van der Waals surface area contributed by atoms with Crippen LogP contribution in [0.5, 0.6) is 0 Å². The van der Waals surface area contributed by atoms with Gasteiger partial charge in [-0.3, -0.25) is 0 Å². The average Bonchev–Trinajstić information content (AvgIpc) is 3.40. The molecule has 0 spiro atoms. The summed E-state index contributed by atoms with van der Waals surface area (Å²) in [7, 11) is 0. The van der Waals surface area contributed by atoms with Crippen LogP contribution in [0.25, 0.3) is 0 Å². The van der Waals surface area contributed by atoms with E-state index in [-0.39, 0.29) is 0 Å². The van der Waals surface area contributed by atoms with Crippen molar-refractivity contribution in [1.82, 2.24) is 17.5 Å². The molecule has 120 valence electrons. The number of fused-ring (bicyclic) bond motifs is 2. The first-order chi connectivity index (χ1) is 11.7. The number of aliphatic hydroxyl groups is 2. The Morgan fingerprint density at radius 1 is 0.667 bits per heavy atom. The summed E-state index contributed by atoms with van der Waals surface area (Å²) in [5.74, 6) is 0. The molecule has 2 N–H and O–H groups in total. The molecule has 0 saturated carbocycles. The number of aromatic nitrogens is 4. The van der Waals surface area contributed by atoms with Crippen molar-refractivity contribution < 1.29 is 10.2 Å². The van der Waals surface area contributed by atoms with Crippen LogP contribution in [0.15, 0.2) is 35.0 Å². The second-order valence-electron chi connectivity index (χ2n) is 5.30. The van der Waals surface area contributed by atoms with Crippen LogP contribution in [0.4, 0.5) is 0 Å². The van der Waals surface area contributed by atoms with Crippen LogP contribution in [-0.4, -0.2) is 27.7 Å². The zero-order valence-corrected chi connectivity index (χ0v) is 15.0. The number of hydrogen-bond acceptors (Lipinski definition) is 10. The van der Waals surface area contributed by atoms with E-state index < -0.39 is 11.2 Å². The summed E-state index contributed by atoms with van der Waals surface area (Å²) < 4.78 is 17.3. The molecule has 5 rings (SSSR count). The third-order valence-electron chi connectivity index (χ3n) is 4.10. The van der Waals surface area contributed by atoms with Gasteiger partial charge in [-0.05, 0) is 22.9 Å². The zero-order chi connectivity index (χ0) is 16.4. The second-order valence-corrected chi connectivity index (χ2v) is 8.25. The molecule has 4 heterocycles. The molecule has 6 nitrogen and oxygen atoms in total. The van der Waals surface area contributed by atoms with Crippen LogP contribution in [0, 0.1) is 0 Å². The first-order valence-electron chi connectivity index (χ1n) is 6.86. The van der Waals surface area contributed by atoms with Crippen molar-refractivity contribution in [2.75, 3.05) is 0 Å². The maximum absolute atomic E-state index is 11.6. The molecule has 4 aromatic rings. The fourth-order valence-electron chi connectivity index (χ4n) is 2.99. The molecular formula is C14H8N4O2S4. The second kappa shape index (κ2) is 4.97. The van der Waals surface area contributed by atoms with Gasteiger partial charge in [0.15, 0.2) is 11.2 Å². The van der Waals surface area contributed by atoms with Gasteiger partial charge in [0.25, 0.3) is 0 Å². The minimum Gasteiger partial charge on any atom is -0.372 e. The van der Waals surface area contributed by atoms with Gasteiger partial charge in [-0.2, -0.15) is 17.5 Å². The van der Waals surface area contributed by atoms with Crippen LogP contribution in [0.2, 0.25) is 0 Å². The fourth-order valence-corrected chi connectivity index (χ4v) is 5.92. The maximum atomic E-state index is 11.6. The van der Waals surface area contributed by atoms with Crippen molar-refractivity contribution in [2.45, 2.75) is 11.2 Å². The van der Waals surface area contributed by atoms with E-state index in [4.69, 9.17) is 0 Å². The summed E-state index contributed by atoms with van der Waals surface area (Å²) in [5.41, 5.74) is -1.78. The van der Waals surface area contributed by atoms with Gasteiger partial charge in [-0.25, -0.2) is 0 Å². The standard InChI is InChI=1S/C14H8N4O2S4/c19-13(7-3-1-5-21-7)9-11(17-23-15-9)14(20,8-4-2-6-22-8)12-10(13)16-24-18-12/h1-6,19-20H. The van der Waals surface area contributed by atoms with Gasteiger partial charge in [-0.15, -0.1) is 22.7 Å². The van der Waals surface area contributed by atoms with E-state index in [0.717, 1.165) is 23.5 Å². The lowest BCUT2D eigenvalue weighted by Gasteiger charge is -2.35. The maximum Gasteiger partial charge on any atom is 0.189 e. The summed E-state index contributed by atoms with van der Waals surface area (Å²) in [4.78, 5) is 1.36. The largest absolute Gasteiger partial charge is 0.372 e. The Bertz CT molecular complexity index is 886. The van der Waals surface area contributed by atoms with Crippen molar-refractivity contribution in [3.63, 3.8) is 0 Å². The van der Waals surface area contributed by atoms with Gasteiger partial charge in [0.05, 0.1) is 23.5 Å². The van der Waals surface area contributed by atoms with Gasteiger partial charge in [-0.1, -0.05) is 12.1 Å². The predicted molar refractivity (Wildman–Crippen MR) is 92.7 cm³/mol. The molecular weight excluding hydrogens is 384 g/mol. The molecule has 0 saturated heterocycles. The van der Waals surface area contributed by atoms with Crippen molar-refractivity contribution >= 4 is 46.1 Å². The van der Waals surface area contributed by atoms with Gasteiger partial charge in [0, 0.05) is 9.75 Å². The van der Waals surface area contributed by atoms with Crippen LogP contribution in [0.1, 0.15) is 32.5 Å². The molecule has 0 unspecified atom stereocenters. The molecule has 0 amide bonds. The average molecular weight is 393 g/mol. The quantitative estimate of drug-likeness (QED) is 0.544. The molecule has 0 aliphatic heterocycles. The van der Waals surface area contributed by atoms with E-state index in [0.29, 0.717) is 32.5 Å². The van der Waals surface area contributed by atoms with Gasteiger partial charge >= 0.3 is 0 Å². The Kier molecular flexibility index (Phi) is 3.06. The lowest BCUT2D eigenvalue weighted by Crippen LogP contribution is -2.43.